The number of aryl methyl sites for hydroxylation is 1. The molecule has 6 heteroatoms. The fraction of sp³-hybridized carbons (Fsp3) is 0.647. The van der Waals surface area contributed by atoms with Gasteiger partial charge >= 0.3 is 11.8 Å². The number of nitrogens with one attached hydrogen (secondary N) is 2. The van der Waals surface area contributed by atoms with E-state index in [1.54, 1.807) is 0 Å². The van der Waals surface area contributed by atoms with Crippen LogP contribution in [0.1, 0.15) is 38.4 Å². The molecule has 1 atom stereocenters. The van der Waals surface area contributed by atoms with Crippen LogP contribution in [0, 0.1) is 5.92 Å². The fourth-order valence-corrected chi connectivity index (χ4v) is 2.94. The molecule has 128 valence electrons. The molecule has 0 spiro atoms. The SMILES string of the molecule is CC(C)CNC(=O)C(=O)NCC(c1cccn1C)N1CCCC1. The first kappa shape index (κ1) is 17.5. The van der Waals surface area contributed by atoms with Crippen molar-refractivity contribution in [2.24, 2.45) is 13.0 Å². The molecule has 23 heavy (non-hydrogen) atoms. The second kappa shape index (κ2) is 8.15. The van der Waals surface area contributed by atoms with E-state index in [0.717, 1.165) is 18.8 Å². The molecule has 0 aliphatic carbocycles. The van der Waals surface area contributed by atoms with E-state index in [9.17, 15) is 9.59 Å². The zero-order chi connectivity index (χ0) is 16.8. The summed E-state index contributed by atoms with van der Waals surface area (Å²) in [6.45, 7) is 7.02. The average Bonchev–Trinajstić information content (AvgIpc) is 3.17. The van der Waals surface area contributed by atoms with Crippen LogP contribution in [0.25, 0.3) is 0 Å². The molecule has 1 fully saturated rings. The van der Waals surface area contributed by atoms with Gasteiger partial charge in [-0.25, -0.2) is 0 Å². The molecule has 1 aliphatic rings. The molecule has 1 saturated heterocycles. The van der Waals surface area contributed by atoms with Gasteiger partial charge in [0, 0.05) is 32.0 Å². The van der Waals surface area contributed by atoms with E-state index in [2.05, 4.69) is 26.2 Å². The molecule has 2 amide bonds. The lowest BCUT2D eigenvalue weighted by molar-refractivity contribution is -0.139. The monoisotopic (exact) mass is 320 g/mol. The van der Waals surface area contributed by atoms with Gasteiger partial charge in [0.15, 0.2) is 0 Å². The molecule has 0 radical (unpaired) electrons. The number of hydrogen-bond acceptors (Lipinski definition) is 3. The first-order chi connectivity index (χ1) is 11.0. The Morgan fingerprint density at radius 1 is 1.13 bits per heavy atom. The zero-order valence-corrected chi connectivity index (χ0v) is 14.3. The van der Waals surface area contributed by atoms with Gasteiger partial charge < -0.3 is 15.2 Å². The minimum Gasteiger partial charge on any atom is -0.353 e. The molecule has 1 aromatic heterocycles. The third-order valence-electron chi connectivity index (χ3n) is 4.24. The molecular weight excluding hydrogens is 292 g/mol. The highest BCUT2D eigenvalue weighted by Crippen LogP contribution is 2.24. The van der Waals surface area contributed by atoms with Crippen LogP contribution in [-0.2, 0) is 16.6 Å². The van der Waals surface area contributed by atoms with Crippen LogP contribution in [0.4, 0.5) is 0 Å². The second-order valence-electron chi connectivity index (χ2n) is 6.62. The zero-order valence-electron chi connectivity index (χ0n) is 14.3. The highest BCUT2D eigenvalue weighted by atomic mass is 16.2. The predicted molar refractivity (Wildman–Crippen MR) is 89.8 cm³/mol. The molecule has 0 saturated carbocycles. The summed E-state index contributed by atoms with van der Waals surface area (Å²) >= 11 is 0. The van der Waals surface area contributed by atoms with Crippen molar-refractivity contribution >= 4 is 11.8 Å². The highest BCUT2D eigenvalue weighted by Gasteiger charge is 2.26. The summed E-state index contributed by atoms with van der Waals surface area (Å²) in [6.07, 6.45) is 4.38. The number of rotatable bonds is 6. The van der Waals surface area contributed by atoms with Crippen molar-refractivity contribution in [3.05, 3.63) is 24.0 Å². The number of aromatic nitrogens is 1. The van der Waals surface area contributed by atoms with E-state index in [4.69, 9.17) is 0 Å². The molecular formula is C17H28N4O2. The number of nitrogens with zero attached hydrogens (tertiary/aromatic N) is 2. The number of amides is 2. The van der Waals surface area contributed by atoms with Crippen LogP contribution in [0.15, 0.2) is 18.3 Å². The Morgan fingerprint density at radius 2 is 1.74 bits per heavy atom. The Bertz CT molecular complexity index is 532. The summed E-state index contributed by atoms with van der Waals surface area (Å²) in [7, 11) is 2.01. The van der Waals surface area contributed by atoms with Crippen molar-refractivity contribution in [2.45, 2.75) is 32.7 Å². The lowest BCUT2D eigenvalue weighted by Gasteiger charge is -2.28. The largest absolute Gasteiger partial charge is 0.353 e. The Morgan fingerprint density at radius 3 is 2.26 bits per heavy atom. The first-order valence-electron chi connectivity index (χ1n) is 8.40. The molecule has 6 nitrogen and oxygen atoms in total. The smallest absolute Gasteiger partial charge is 0.309 e. The number of carbonyl (C=O) groups excluding carboxylic acids is 2. The highest BCUT2D eigenvalue weighted by molar-refractivity contribution is 6.35. The van der Waals surface area contributed by atoms with Crippen LogP contribution in [-0.4, -0.2) is 47.5 Å². The minimum atomic E-state index is -0.552. The average molecular weight is 320 g/mol. The summed E-state index contributed by atoms with van der Waals surface area (Å²) in [5.41, 5.74) is 1.16. The molecule has 2 heterocycles. The summed E-state index contributed by atoms with van der Waals surface area (Å²) in [6, 6.07) is 4.20. The number of likely N-dealkylation sites (tertiary alicyclic amines) is 1. The first-order valence-corrected chi connectivity index (χ1v) is 8.40. The van der Waals surface area contributed by atoms with E-state index in [-0.39, 0.29) is 6.04 Å². The Hall–Kier alpha value is -1.82. The third kappa shape index (κ3) is 4.82. The second-order valence-corrected chi connectivity index (χ2v) is 6.62. The Labute approximate surface area is 138 Å². The lowest BCUT2D eigenvalue weighted by Crippen LogP contribution is -2.44. The molecule has 1 aromatic rings. The van der Waals surface area contributed by atoms with Crippen molar-refractivity contribution in [2.75, 3.05) is 26.2 Å². The van der Waals surface area contributed by atoms with Gasteiger partial charge in [0.05, 0.1) is 6.04 Å². The van der Waals surface area contributed by atoms with E-state index >= 15 is 0 Å². The fourth-order valence-electron chi connectivity index (χ4n) is 2.94. The van der Waals surface area contributed by atoms with Crippen LogP contribution in [0.3, 0.4) is 0 Å². The van der Waals surface area contributed by atoms with Crippen molar-refractivity contribution in [1.82, 2.24) is 20.1 Å². The number of carbonyl (C=O) groups is 2. The standard InChI is InChI=1S/C17H28N4O2/c1-13(2)11-18-16(22)17(23)19-12-15(21-9-4-5-10-21)14-7-6-8-20(14)3/h6-8,13,15H,4-5,9-12H2,1-3H3,(H,18,22)(H,19,23). The van der Waals surface area contributed by atoms with Crippen molar-refractivity contribution in [1.29, 1.82) is 0 Å². The Kier molecular flexibility index (Phi) is 6.21. The molecule has 1 aliphatic heterocycles. The summed E-state index contributed by atoms with van der Waals surface area (Å²) in [4.78, 5) is 26.2. The third-order valence-corrected chi connectivity index (χ3v) is 4.24. The van der Waals surface area contributed by atoms with Gasteiger partial charge in [-0.3, -0.25) is 14.5 Å². The molecule has 0 aromatic carbocycles. The van der Waals surface area contributed by atoms with Crippen LogP contribution in [0.5, 0.6) is 0 Å². The summed E-state index contributed by atoms with van der Waals surface area (Å²) in [5.74, 6) is -0.776. The molecule has 2 N–H and O–H groups in total. The van der Waals surface area contributed by atoms with Crippen LogP contribution < -0.4 is 10.6 Å². The minimum absolute atomic E-state index is 0.111. The van der Waals surface area contributed by atoms with E-state index in [1.165, 1.54) is 12.8 Å². The van der Waals surface area contributed by atoms with Crippen molar-refractivity contribution in [3.63, 3.8) is 0 Å². The van der Waals surface area contributed by atoms with Crippen LogP contribution >= 0.6 is 0 Å². The number of hydrogen-bond donors (Lipinski definition) is 2. The lowest BCUT2D eigenvalue weighted by atomic mass is 10.1. The van der Waals surface area contributed by atoms with Crippen molar-refractivity contribution < 1.29 is 9.59 Å². The topological polar surface area (TPSA) is 66.4 Å². The van der Waals surface area contributed by atoms with Gasteiger partial charge in [-0.15, -0.1) is 0 Å². The van der Waals surface area contributed by atoms with Gasteiger partial charge in [0.25, 0.3) is 0 Å². The molecule has 1 unspecified atom stereocenters. The maximum Gasteiger partial charge on any atom is 0.309 e. The van der Waals surface area contributed by atoms with Crippen LogP contribution in [0.2, 0.25) is 0 Å². The molecule has 0 bridgehead atoms. The van der Waals surface area contributed by atoms with Gasteiger partial charge in [-0.1, -0.05) is 13.8 Å². The van der Waals surface area contributed by atoms with Crippen molar-refractivity contribution in [3.8, 4) is 0 Å². The maximum absolute atomic E-state index is 12.0. The Balaban J connectivity index is 1.94. The van der Waals surface area contributed by atoms with Gasteiger partial charge in [-0.2, -0.15) is 0 Å². The van der Waals surface area contributed by atoms with Gasteiger partial charge in [-0.05, 0) is 44.0 Å². The predicted octanol–water partition coefficient (Wildman–Crippen LogP) is 1.05. The van der Waals surface area contributed by atoms with E-state index in [0.29, 0.717) is 19.0 Å². The summed E-state index contributed by atoms with van der Waals surface area (Å²) < 4.78 is 2.08. The maximum atomic E-state index is 12.0. The van der Waals surface area contributed by atoms with Gasteiger partial charge in [0.1, 0.15) is 0 Å². The summed E-state index contributed by atoms with van der Waals surface area (Å²) in [5, 5.41) is 5.44. The van der Waals surface area contributed by atoms with Gasteiger partial charge in [0.2, 0.25) is 0 Å². The quantitative estimate of drug-likeness (QED) is 0.770. The molecule has 2 rings (SSSR count). The van der Waals surface area contributed by atoms with E-state index in [1.807, 2.05) is 33.2 Å². The normalized spacial score (nSPS) is 16.5. The van der Waals surface area contributed by atoms with E-state index < -0.39 is 11.8 Å².